The lowest BCUT2D eigenvalue weighted by molar-refractivity contribution is 0.186. The van der Waals surface area contributed by atoms with E-state index in [1.54, 1.807) is 29.1 Å². The van der Waals surface area contributed by atoms with E-state index < -0.39 is 0 Å². The number of hydrogen-bond donors (Lipinski definition) is 1. The summed E-state index contributed by atoms with van der Waals surface area (Å²) in [6, 6.07) is 7.73. The molecule has 0 spiro atoms. The Morgan fingerprint density at radius 1 is 1.39 bits per heavy atom. The molecule has 0 saturated carbocycles. The zero-order chi connectivity index (χ0) is 13.0. The summed E-state index contributed by atoms with van der Waals surface area (Å²) in [6.45, 7) is 1.30. The summed E-state index contributed by atoms with van der Waals surface area (Å²) >= 11 is 1.61. The van der Waals surface area contributed by atoms with Gasteiger partial charge in [0.05, 0.1) is 17.2 Å². The van der Waals surface area contributed by atoms with Gasteiger partial charge in [-0.2, -0.15) is 0 Å². The highest BCUT2D eigenvalue weighted by Crippen LogP contribution is 2.23. The van der Waals surface area contributed by atoms with Gasteiger partial charge < -0.3 is 15.0 Å². The third-order valence-corrected chi connectivity index (χ3v) is 3.66. The zero-order valence-corrected chi connectivity index (χ0v) is 11.1. The smallest absolute Gasteiger partial charge is 0.255 e. The van der Waals surface area contributed by atoms with Gasteiger partial charge in [0, 0.05) is 25.8 Å². The maximum Gasteiger partial charge on any atom is 0.255 e. The Morgan fingerprint density at radius 2 is 2.22 bits per heavy atom. The molecule has 0 aliphatic heterocycles. The van der Waals surface area contributed by atoms with Crippen molar-refractivity contribution in [1.29, 1.82) is 0 Å². The average Bonchev–Trinajstić information content (AvgIpc) is 2.90. The van der Waals surface area contributed by atoms with E-state index in [2.05, 4.69) is 0 Å². The van der Waals surface area contributed by atoms with Gasteiger partial charge in [0.2, 0.25) is 0 Å². The minimum absolute atomic E-state index is 0.0274. The molecule has 0 aliphatic rings. The van der Waals surface area contributed by atoms with Crippen LogP contribution in [-0.2, 0) is 17.8 Å². The number of pyridine rings is 1. The molecule has 2 aromatic heterocycles. The van der Waals surface area contributed by atoms with Gasteiger partial charge in [-0.25, -0.2) is 0 Å². The molecular formula is C13H16N2O2S. The predicted molar refractivity (Wildman–Crippen MR) is 73.8 cm³/mol. The van der Waals surface area contributed by atoms with E-state index in [9.17, 15) is 4.79 Å². The molecule has 96 valence electrons. The number of rotatable bonds is 5. The van der Waals surface area contributed by atoms with Crippen LogP contribution in [0.2, 0.25) is 0 Å². The number of aromatic nitrogens is 1. The van der Waals surface area contributed by atoms with Gasteiger partial charge in [-0.15, -0.1) is 11.3 Å². The fourth-order valence-corrected chi connectivity index (χ4v) is 2.58. The van der Waals surface area contributed by atoms with Gasteiger partial charge >= 0.3 is 0 Å². The van der Waals surface area contributed by atoms with Gasteiger partial charge in [-0.3, -0.25) is 4.79 Å². The van der Waals surface area contributed by atoms with E-state index in [1.807, 2.05) is 23.6 Å². The first kappa shape index (κ1) is 13.0. The Hall–Kier alpha value is -1.43. The molecule has 5 heteroatoms. The van der Waals surface area contributed by atoms with Crippen LogP contribution in [-0.4, -0.2) is 18.3 Å². The van der Waals surface area contributed by atoms with Crippen molar-refractivity contribution in [2.24, 2.45) is 5.73 Å². The van der Waals surface area contributed by atoms with Gasteiger partial charge in [0.15, 0.2) is 0 Å². The molecule has 2 N–H and O–H groups in total. The maximum atomic E-state index is 12.3. The van der Waals surface area contributed by atoms with Crippen molar-refractivity contribution in [1.82, 2.24) is 4.57 Å². The number of ether oxygens (including phenoxy) is 1. The van der Waals surface area contributed by atoms with Crippen LogP contribution in [0.1, 0.15) is 5.56 Å². The molecule has 4 nitrogen and oxygen atoms in total. The Morgan fingerprint density at radius 3 is 2.83 bits per heavy atom. The topological polar surface area (TPSA) is 57.2 Å². The van der Waals surface area contributed by atoms with Crippen LogP contribution in [0.25, 0.3) is 10.6 Å². The maximum absolute atomic E-state index is 12.3. The second-order valence-corrected chi connectivity index (χ2v) is 4.82. The lowest BCUT2D eigenvalue weighted by Crippen LogP contribution is -2.27. The second-order valence-electron chi connectivity index (χ2n) is 3.87. The molecule has 0 atom stereocenters. The number of thiophene rings is 1. The van der Waals surface area contributed by atoms with Gasteiger partial charge in [-0.1, -0.05) is 12.1 Å². The normalized spacial score (nSPS) is 10.8. The summed E-state index contributed by atoms with van der Waals surface area (Å²) in [5.74, 6) is 0. The first-order valence-electron chi connectivity index (χ1n) is 5.73. The lowest BCUT2D eigenvalue weighted by Gasteiger charge is -2.12. The fourth-order valence-electron chi connectivity index (χ4n) is 1.82. The molecule has 0 radical (unpaired) electrons. The number of methoxy groups -OCH3 is 1. The highest BCUT2D eigenvalue weighted by molar-refractivity contribution is 7.13. The third-order valence-electron chi connectivity index (χ3n) is 2.77. The Balaban J connectivity index is 2.52. The van der Waals surface area contributed by atoms with Gasteiger partial charge in [0.1, 0.15) is 0 Å². The summed E-state index contributed by atoms with van der Waals surface area (Å²) in [6.07, 6.45) is 0. The highest BCUT2D eigenvalue weighted by atomic mass is 32.1. The first-order valence-corrected chi connectivity index (χ1v) is 6.61. The minimum atomic E-state index is -0.0274. The SMILES string of the molecule is COCCn1c(-c2cccs2)ccc(CN)c1=O. The second kappa shape index (κ2) is 5.95. The Bertz CT molecular complexity index is 561. The van der Waals surface area contributed by atoms with Crippen molar-refractivity contribution in [2.75, 3.05) is 13.7 Å². The molecule has 2 rings (SSSR count). The number of nitrogens with two attached hydrogens (primary N) is 1. The van der Waals surface area contributed by atoms with Crippen molar-refractivity contribution in [3.05, 3.63) is 45.6 Å². The molecule has 0 aromatic carbocycles. The van der Waals surface area contributed by atoms with E-state index in [0.29, 0.717) is 18.7 Å². The molecule has 2 heterocycles. The monoisotopic (exact) mass is 264 g/mol. The zero-order valence-electron chi connectivity index (χ0n) is 10.3. The molecular weight excluding hydrogens is 248 g/mol. The van der Waals surface area contributed by atoms with Crippen molar-refractivity contribution in [3.8, 4) is 10.6 Å². The molecule has 0 fully saturated rings. The molecule has 2 aromatic rings. The lowest BCUT2D eigenvalue weighted by atomic mass is 10.2. The van der Waals surface area contributed by atoms with Crippen LogP contribution in [0.3, 0.4) is 0 Å². The van der Waals surface area contributed by atoms with Crippen LogP contribution in [0.4, 0.5) is 0 Å². The molecule has 0 amide bonds. The molecule has 0 saturated heterocycles. The standard InChI is InChI=1S/C13H16N2O2S/c1-17-7-6-15-11(12-3-2-8-18-12)5-4-10(9-14)13(15)16/h2-5,8H,6-7,9,14H2,1H3. The molecule has 0 aliphatic carbocycles. The van der Waals surface area contributed by atoms with E-state index in [1.165, 1.54) is 0 Å². The highest BCUT2D eigenvalue weighted by Gasteiger charge is 2.10. The van der Waals surface area contributed by atoms with Crippen LogP contribution in [0.15, 0.2) is 34.4 Å². The van der Waals surface area contributed by atoms with Gasteiger partial charge in [0.25, 0.3) is 5.56 Å². The Kier molecular flexibility index (Phi) is 4.30. The molecule has 18 heavy (non-hydrogen) atoms. The predicted octanol–water partition coefficient (Wildman–Crippen LogP) is 1.68. The quantitative estimate of drug-likeness (QED) is 0.894. The summed E-state index contributed by atoms with van der Waals surface area (Å²) < 4.78 is 6.79. The summed E-state index contributed by atoms with van der Waals surface area (Å²) in [7, 11) is 1.63. The third kappa shape index (κ3) is 2.53. The van der Waals surface area contributed by atoms with Crippen molar-refractivity contribution in [2.45, 2.75) is 13.1 Å². The van der Waals surface area contributed by atoms with Gasteiger partial charge in [-0.05, 0) is 17.5 Å². The van der Waals surface area contributed by atoms with Crippen LogP contribution in [0.5, 0.6) is 0 Å². The van der Waals surface area contributed by atoms with Crippen molar-refractivity contribution >= 4 is 11.3 Å². The van der Waals surface area contributed by atoms with E-state index in [0.717, 1.165) is 10.6 Å². The van der Waals surface area contributed by atoms with Crippen molar-refractivity contribution < 1.29 is 4.74 Å². The van der Waals surface area contributed by atoms with Crippen LogP contribution in [0, 0.1) is 0 Å². The minimum Gasteiger partial charge on any atom is -0.383 e. The largest absolute Gasteiger partial charge is 0.383 e. The van der Waals surface area contributed by atoms with Crippen LogP contribution >= 0.6 is 11.3 Å². The van der Waals surface area contributed by atoms with Crippen LogP contribution < -0.4 is 11.3 Å². The number of hydrogen-bond acceptors (Lipinski definition) is 4. The summed E-state index contributed by atoms with van der Waals surface area (Å²) in [5, 5.41) is 2.00. The molecule has 0 unspecified atom stereocenters. The number of nitrogens with zero attached hydrogens (tertiary/aromatic N) is 1. The first-order chi connectivity index (χ1) is 8.77. The summed E-state index contributed by atoms with van der Waals surface area (Å²) in [4.78, 5) is 13.3. The van der Waals surface area contributed by atoms with E-state index in [4.69, 9.17) is 10.5 Å². The van der Waals surface area contributed by atoms with Crippen molar-refractivity contribution in [3.63, 3.8) is 0 Å². The average molecular weight is 264 g/mol. The van der Waals surface area contributed by atoms with E-state index in [-0.39, 0.29) is 12.1 Å². The van der Waals surface area contributed by atoms with E-state index >= 15 is 0 Å². The summed E-state index contributed by atoms with van der Waals surface area (Å²) in [5.41, 5.74) is 7.10. The Labute approximate surface area is 110 Å². The fraction of sp³-hybridized carbons (Fsp3) is 0.308. The molecule has 0 bridgehead atoms.